The molecule has 0 aliphatic heterocycles. The first-order chi connectivity index (χ1) is 8.64. The van der Waals surface area contributed by atoms with Gasteiger partial charge in [0.2, 0.25) is 5.89 Å². The van der Waals surface area contributed by atoms with E-state index in [0.717, 1.165) is 23.6 Å². The minimum atomic E-state index is -0.153. The van der Waals surface area contributed by atoms with Gasteiger partial charge in [0.25, 0.3) is 0 Å². The summed E-state index contributed by atoms with van der Waals surface area (Å²) in [5, 5.41) is 4.26. The van der Waals surface area contributed by atoms with E-state index in [1.54, 1.807) is 0 Å². The average Bonchev–Trinajstić information content (AvgIpc) is 2.76. The van der Waals surface area contributed by atoms with Crippen molar-refractivity contribution in [3.8, 4) is 0 Å². The average molecular weight is 247 g/mol. The Bertz CT molecular complexity index is 430. The molecule has 1 aromatic rings. The van der Waals surface area contributed by atoms with Gasteiger partial charge in [-0.1, -0.05) is 5.16 Å². The van der Waals surface area contributed by atoms with E-state index in [4.69, 9.17) is 10.3 Å². The van der Waals surface area contributed by atoms with Crippen molar-refractivity contribution < 1.29 is 4.52 Å². The molecule has 2 N–H and O–H groups in total. The molecule has 4 nitrogen and oxygen atoms in total. The van der Waals surface area contributed by atoms with Gasteiger partial charge in [-0.3, -0.25) is 0 Å². The summed E-state index contributed by atoms with van der Waals surface area (Å²) < 4.78 is 5.33. The lowest BCUT2D eigenvalue weighted by Gasteiger charge is -2.55. The molecule has 98 valence electrons. The predicted octanol–water partition coefficient (Wildman–Crippen LogP) is 2.56. The van der Waals surface area contributed by atoms with Gasteiger partial charge in [0, 0.05) is 5.41 Å². The van der Waals surface area contributed by atoms with Gasteiger partial charge in [-0.2, -0.15) is 4.98 Å². The van der Waals surface area contributed by atoms with Gasteiger partial charge < -0.3 is 10.3 Å². The van der Waals surface area contributed by atoms with Crippen molar-refractivity contribution in [3.05, 3.63) is 11.7 Å². The maximum absolute atomic E-state index is 5.82. The van der Waals surface area contributed by atoms with Crippen LogP contribution in [0.4, 0.5) is 0 Å². The van der Waals surface area contributed by atoms with Crippen molar-refractivity contribution in [3.63, 3.8) is 0 Å². The van der Waals surface area contributed by atoms with E-state index in [-0.39, 0.29) is 11.5 Å². The molecule has 4 aliphatic carbocycles. The summed E-state index contributed by atoms with van der Waals surface area (Å²) in [6, 6.07) is -0.153. The molecule has 18 heavy (non-hydrogen) atoms. The van der Waals surface area contributed by atoms with Gasteiger partial charge in [-0.15, -0.1) is 0 Å². The van der Waals surface area contributed by atoms with Crippen LogP contribution < -0.4 is 5.73 Å². The summed E-state index contributed by atoms with van der Waals surface area (Å²) in [6.45, 7) is 1.90. The summed E-state index contributed by atoms with van der Waals surface area (Å²) in [6.07, 6.45) is 8.15. The lowest BCUT2D eigenvalue weighted by atomic mass is 9.49. The Morgan fingerprint density at radius 2 is 1.72 bits per heavy atom. The van der Waals surface area contributed by atoms with E-state index < -0.39 is 0 Å². The normalized spacial score (nSPS) is 43.3. The second-order valence-corrected chi connectivity index (χ2v) is 6.94. The second kappa shape index (κ2) is 3.56. The molecule has 0 amide bonds. The van der Waals surface area contributed by atoms with E-state index in [9.17, 15) is 0 Å². The number of nitrogens with two attached hydrogens (primary N) is 1. The monoisotopic (exact) mass is 247 g/mol. The third-order valence-electron chi connectivity index (χ3n) is 5.34. The lowest BCUT2D eigenvalue weighted by Crippen LogP contribution is -2.49. The Kier molecular flexibility index (Phi) is 2.17. The second-order valence-electron chi connectivity index (χ2n) is 6.94. The molecular weight excluding hydrogens is 226 g/mol. The van der Waals surface area contributed by atoms with Crippen LogP contribution in [0.3, 0.4) is 0 Å². The first kappa shape index (κ1) is 11.0. The first-order valence-corrected chi connectivity index (χ1v) is 7.24. The molecule has 4 saturated carbocycles. The zero-order chi connectivity index (χ0) is 12.3. The van der Waals surface area contributed by atoms with E-state index in [1.807, 2.05) is 6.92 Å². The fourth-order valence-electron chi connectivity index (χ4n) is 5.02. The molecule has 4 heteroatoms. The summed E-state index contributed by atoms with van der Waals surface area (Å²) in [5.74, 6) is 4.28. The van der Waals surface area contributed by atoms with Crippen LogP contribution in [0.25, 0.3) is 0 Å². The van der Waals surface area contributed by atoms with Gasteiger partial charge in [0.15, 0.2) is 5.82 Å². The Morgan fingerprint density at radius 1 is 1.17 bits per heavy atom. The molecular formula is C14H21N3O. The largest absolute Gasteiger partial charge is 0.338 e. The van der Waals surface area contributed by atoms with Crippen LogP contribution in [0.5, 0.6) is 0 Å². The highest BCUT2D eigenvalue weighted by atomic mass is 16.5. The third-order valence-corrected chi connectivity index (χ3v) is 5.34. The molecule has 4 fully saturated rings. The maximum atomic E-state index is 5.82. The highest BCUT2D eigenvalue weighted by molar-refractivity contribution is 5.16. The highest BCUT2D eigenvalue weighted by Gasteiger charge is 2.53. The van der Waals surface area contributed by atoms with Gasteiger partial charge in [-0.05, 0) is 63.2 Å². The number of hydrogen-bond donors (Lipinski definition) is 1. The zero-order valence-electron chi connectivity index (χ0n) is 10.9. The fourth-order valence-corrected chi connectivity index (χ4v) is 5.02. The minimum absolute atomic E-state index is 0.153. The van der Waals surface area contributed by atoms with Gasteiger partial charge in [0.1, 0.15) is 0 Å². The van der Waals surface area contributed by atoms with Crippen molar-refractivity contribution in [2.75, 3.05) is 0 Å². The van der Waals surface area contributed by atoms with E-state index in [0.29, 0.717) is 5.89 Å². The van der Waals surface area contributed by atoms with Crippen LogP contribution in [0, 0.1) is 17.8 Å². The Morgan fingerprint density at radius 3 is 2.17 bits per heavy atom. The molecule has 1 aromatic heterocycles. The molecule has 0 aromatic carbocycles. The number of nitrogens with zero attached hydrogens (tertiary/aromatic N) is 2. The van der Waals surface area contributed by atoms with Crippen molar-refractivity contribution in [2.45, 2.75) is 56.9 Å². The maximum Gasteiger partial charge on any atom is 0.243 e. The summed E-state index contributed by atoms with van der Waals surface area (Å²) in [4.78, 5) is 4.60. The first-order valence-electron chi connectivity index (χ1n) is 7.24. The van der Waals surface area contributed by atoms with E-state index in [1.165, 1.54) is 38.5 Å². The SMILES string of the molecule is CC(N)c1nc(C23CC4CC(CC(C4)C2)C3)no1. The Labute approximate surface area is 107 Å². The number of hydrogen-bond acceptors (Lipinski definition) is 4. The van der Waals surface area contributed by atoms with Crippen molar-refractivity contribution >= 4 is 0 Å². The standard InChI is InChI=1S/C14H21N3O/c1-8(15)12-16-13(17-18-12)14-5-9-2-10(6-14)4-11(3-9)7-14/h8-11H,2-7,15H2,1H3. The minimum Gasteiger partial charge on any atom is -0.338 e. The van der Waals surface area contributed by atoms with Crippen LogP contribution >= 0.6 is 0 Å². The van der Waals surface area contributed by atoms with Gasteiger partial charge >= 0.3 is 0 Å². The van der Waals surface area contributed by atoms with Crippen LogP contribution in [0.1, 0.15) is 63.2 Å². The van der Waals surface area contributed by atoms with Crippen LogP contribution in [-0.4, -0.2) is 10.1 Å². The lowest BCUT2D eigenvalue weighted by molar-refractivity contribution is -0.0103. The fraction of sp³-hybridized carbons (Fsp3) is 0.857. The zero-order valence-corrected chi connectivity index (χ0v) is 10.9. The van der Waals surface area contributed by atoms with Gasteiger partial charge in [0.05, 0.1) is 6.04 Å². The van der Waals surface area contributed by atoms with Crippen LogP contribution in [-0.2, 0) is 5.41 Å². The molecule has 4 aliphatic rings. The smallest absolute Gasteiger partial charge is 0.243 e. The van der Waals surface area contributed by atoms with Crippen LogP contribution in [0.15, 0.2) is 4.52 Å². The molecule has 0 spiro atoms. The van der Waals surface area contributed by atoms with Crippen molar-refractivity contribution in [1.29, 1.82) is 0 Å². The molecule has 1 heterocycles. The molecule has 1 atom stereocenters. The highest BCUT2D eigenvalue weighted by Crippen LogP contribution is 2.60. The summed E-state index contributed by atoms with van der Waals surface area (Å²) in [7, 11) is 0. The Hall–Kier alpha value is -0.900. The topological polar surface area (TPSA) is 64.9 Å². The molecule has 0 saturated heterocycles. The molecule has 1 unspecified atom stereocenters. The summed E-state index contributed by atoms with van der Waals surface area (Å²) in [5.41, 5.74) is 6.05. The van der Waals surface area contributed by atoms with Gasteiger partial charge in [-0.25, -0.2) is 0 Å². The van der Waals surface area contributed by atoms with Crippen LogP contribution in [0.2, 0.25) is 0 Å². The molecule has 4 bridgehead atoms. The molecule has 5 rings (SSSR count). The molecule has 0 radical (unpaired) electrons. The quantitative estimate of drug-likeness (QED) is 0.872. The van der Waals surface area contributed by atoms with Crippen molar-refractivity contribution in [2.24, 2.45) is 23.5 Å². The van der Waals surface area contributed by atoms with Crippen molar-refractivity contribution in [1.82, 2.24) is 10.1 Å². The predicted molar refractivity (Wildman–Crippen MR) is 66.8 cm³/mol. The third kappa shape index (κ3) is 1.48. The number of aromatic nitrogens is 2. The van der Waals surface area contributed by atoms with E-state index >= 15 is 0 Å². The summed E-state index contributed by atoms with van der Waals surface area (Å²) >= 11 is 0. The van der Waals surface area contributed by atoms with E-state index in [2.05, 4.69) is 10.1 Å². The Balaban J connectivity index is 1.70. The number of rotatable bonds is 2.